The summed E-state index contributed by atoms with van der Waals surface area (Å²) < 4.78 is 33.3. The van der Waals surface area contributed by atoms with E-state index in [1.807, 2.05) is 0 Å². The maximum atomic E-state index is 14.7. The number of β-amino-alcohol motifs (C(OH)–C–C–N with tert-alkyl or cyclic N) is 1. The van der Waals surface area contributed by atoms with Gasteiger partial charge in [0.25, 0.3) is 0 Å². The Bertz CT molecular complexity index is 1410. The van der Waals surface area contributed by atoms with Gasteiger partial charge in [-0.2, -0.15) is 5.10 Å². The van der Waals surface area contributed by atoms with Gasteiger partial charge in [-0.05, 0) is 49.7 Å². The second kappa shape index (κ2) is 14.7. The van der Waals surface area contributed by atoms with Gasteiger partial charge in [-0.25, -0.2) is 18.4 Å². The van der Waals surface area contributed by atoms with Crippen molar-refractivity contribution in [3.8, 4) is 0 Å². The second-order valence-electron chi connectivity index (χ2n) is 11.6. The summed E-state index contributed by atoms with van der Waals surface area (Å²) in [6.07, 6.45) is 13.9. The summed E-state index contributed by atoms with van der Waals surface area (Å²) in [5.74, 6) is -1.41. The highest BCUT2D eigenvalue weighted by Gasteiger charge is 2.36. The van der Waals surface area contributed by atoms with Gasteiger partial charge >= 0.3 is 0 Å². The number of halogens is 3. The van der Waals surface area contributed by atoms with Crippen LogP contribution in [0.15, 0.2) is 65.8 Å². The number of aryl methyl sites for hydroxylation is 1. The van der Waals surface area contributed by atoms with Gasteiger partial charge < -0.3 is 14.6 Å². The zero-order chi connectivity index (χ0) is 29.4. The molecule has 1 atom stereocenters. The fourth-order valence-electron chi connectivity index (χ4n) is 6.08. The molecule has 7 nitrogen and oxygen atoms in total. The van der Waals surface area contributed by atoms with E-state index < -0.39 is 17.2 Å². The van der Waals surface area contributed by atoms with Crippen LogP contribution in [0.2, 0.25) is 0 Å². The molecule has 0 bridgehead atoms. The van der Waals surface area contributed by atoms with Crippen LogP contribution in [0.3, 0.4) is 0 Å². The van der Waals surface area contributed by atoms with Crippen LogP contribution in [0, 0.1) is 11.6 Å². The zero-order valence-electron chi connectivity index (χ0n) is 24.1. The average Bonchev–Trinajstić information content (AvgIpc) is 3.62. The number of nitrogens with zero attached hydrogens (tertiary/aromatic N) is 6. The summed E-state index contributed by atoms with van der Waals surface area (Å²) in [6.45, 7) is 5.84. The SMILES string of the molecule is OC(CN1CCN(CCCCCCCCCn2ccc3cc(Br)ccc32)CC1)(Cn1cncn1)c1ccc(F)cc1F. The molecule has 5 rings (SSSR count). The summed E-state index contributed by atoms with van der Waals surface area (Å²) >= 11 is 3.55. The van der Waals surface area contributed by atoms with Crippen LogP contribution < -0.4 is 0 Å². The quantitative estimate of drug-likeness (QED) is 0.156. The Morgan fingerprint density at radius 1 is 0.810 bits per heavy atom. The smallest absolute Gasteiger partial charge is 0.137 e. The van der Waals surface area contributed by atoms with Crippen LogP contribution in [-0.4, -0.2) is 73.5 Å². The van der Waals surface area contributed by atoms with E-state index in [1.165, 1.54) is 85.3 Å². The maximum absolute atomic E-state index is 14.7. The third kappa shape index (κ3) is 8.24. The van der Waals surface area contributed by atoms with Crippen molar-refractivity contribution in [2.24, 2.45) is 0 Å². The standard InChI is InChI=1S/C32H41BrF2N6O/c33-27-8-11-31-26(20-27)12-15-40(31)14-7-5-3-1-2-4-6-13-38-16-18-39(19-17-38)22-32(42,23-41-25-36-24-37-41)29-10-9-28(34)21-30(29)35/h8-12,15,20-21,24-25,42H,1-7,13-14,16-19,22-23H2. The highest BCUT2D eigenvalue weighted by molar-refractivity contribution is 9.10. The van der Waals surface area contributed by atoms with Crippen molar-refractivity contribution in [2.75, 3.05) is 39.3 Å². The van der Waals surface area contributed by atoms with Gasteiger partial charge in [-0.1, -0.05) is 54.1 Å². The van der Waals surface area contributed by atoms with Crippen molar-refractivity contribution < 1.29 is 13.9 Å². The lowest BCUT2D eigenvalue weighted by Gasteiger charge is -2.39. The Kier molecular flexibility index (Phi) is 10.8. The number of hydrogen-bond donors (Lipinski definition) is 1. The van der Waals surface area contributed by atoms with Crippen LogP contribution in [0.5, 0.6) is 0 Å². The molecule has 3 heterocycles. The molecule has 4 aromatic rings. The molecule has 0 radical (unpaired) electrons. The second-order valence-corrected chi connectivity index (χ2v) is 12.5. The minimum Gasteiger partial charge on any atom is -0.382 e. The van der Waals surface area contributed by atoms with Gasteiger partial charge in [0, 0.05) is 72.5 Å². The van der Waals surface area contributed by atoms with Crippen molar-refractivity contribution >= 4 is 26.8 Å². The molecule has 2 aromatic carbocycles. The summed E-state index contributed by atoms with van der Waals surface area (Å²) in [5, 5.41) is 17.0. The largest absolute Gasteiger partial charge is 0.382 e. The van der Waals surface area contributed by atoms with Gasteiger partial charge in [0.1, 0.15) is 29.9 Å². The van der Waals surface area contributed by atoms with E-state index in [0.717, 1.165) is 49.8 Å². The highest BCUT2D eigenvalue weighted by atomic mass is 79.9. The minimum absolute atomic E-state index is 0.0389. The number of fused-ring (bicyclic) bond motifs is 1. The van der Waals surface area contributed by atoms with E-state index in [9.17, 15) is 13.9 Å². The summed E-state index contributed by atoms with van der Waals surface area (Å²) in [6, 6.07) is 12.0. The molecule has 1 aliphatic heterocycles. The van der Waals surface area contributed by atoms with E-state index >= 15 is 0 Å². The van der Waals surface area contributed by atoms with Crippen molar-refractivity contribution in [2.45, 2.75) is 63.6 Å². The van der Waals surface area contributed by atoms with Crippen molar-refractivity contribution in [1.82, 2.24) is 29.1 Å². The third-order valence-corrected chi connectivity index (χ3v) is 8.87. The van der Waals surface area contributed by atoms with Crippen molar-refractivity contribution in [1.29, 1.82) is 0 Å². The molecule has 0 aliphatic carbocycles. The molecule has 1 unspecified atom stereocenters. The van der Waals surface area contributed by atoms with Crippen molar-refractivity contribution in [3.05, 3.63) is 83.0 Å². The normalized spacial score (nSPS) is 16.3. The van der Waals surface area contributed by atoms with Crippen LogP contribution >= 0.6 is 15.9 Å². The topological polar surface area (TPSA) is 62.4 Å². The van der Waals surface area contributed by atoms with E-state index in [-0.39, 0.29) is 18.7 Å². The van der Waals surface area contributed by atoms with E-state index in [4.69, 9.17) is 0 Å². The van der Waals surface area contributed by atoms with Gasteiger partial charge in [0.15, 0.2) is 0 Å². The van der Waals surface area contributed by atoms with Crippen molar-refractivity contribution in [3.63, 3.8) is 0 Å². The number of aliphatic hydroxyl groups is 1. The Hall–Kier alpha value is -2.66. The molecule has 10 heteroatoms. The number of unbranched alkanes of at least 4 members (excludes halogenated alkanes) is 6. The number of rotatable bonds is 15. The van der Waals surface area contributed by atoms with Gasteiger partial charge in [-0.15, -0.1) is 0 Å². The molecule has 2 aromatic heterocycles. The van der Waals surface area contributed by atoms with Crippen LogP contribution in [0.25, 0.3) is 10.9 Å². The Morgan fingerprint density at radius 3 is 2.24 bits per heavy atom. The first-order chi connectivity index (χ1) is 20.4. The summed E-state index contributed by atoms with van der Waals surface area (Å²) in [5.41, 5.74) is -0.169. The molecular weight excluding hydrogens is 602 g/mol. The molecule has 1 N–H and O–H groups in total. The first-order valence-electron chi connectivity index (χ1n) is 15.1. The fraction of sp³-hybridized carbons (Fsp3) is 0.500. The van der Waals surface area contributed by atoms with E-state index in [2.05, 4.69) is 70.8 Å². The molecule has 0 spiro atoms. The Balaban J connectivity index is 0.970. The number of piperazine rings is 1. The van der Waals surface area contributed by atoms with Gasteiger partial charge in [0.2, 0.25) is 0 Å². The fourth-order valence-corrected chi connectivity index (χ4v) is 6.46. The number of aromatic nitrogens is 4. The lowest BCUT2D eigenvalue weighted by atomic mass is 9.92. The van der Waals surface area contributed by atoms with E-state index in [0.29, 0.717) is 0 Å². The molecule has 1 fully saturated rings. The predicted molar refractivity (Wildman–Crippen MR) is 165 cm³/mol. The first kappa shape index (κ1) is 30.8. The predicted octanol–water partition coefficient (Wildman–Crippen LogP) is 6.21. The number of benzene rings is 2. The summed E-state index contributed by atoms with van der Waals surface area (Å²) in [7, 11) is 0. The minimum atomic E-state index is -1.55. The van der Waals surface area contributed by atoms with Crippen LogP contribution in [0.4, 0.5) is 8.78 Å². The average molecular weight is 644 g/mol. The molecule has 0 amide bonds. The lowest BCUT2D eigenvalue weighted by Crippen LogP contribution is -2.52. The zero-order valence-corrected chi connectivity index (χ0v) is 25.7. The van der Waals surface area contributed by atoms with E-state index in [1.54, 1.807) is 0 Å². The monoisotopic (exact) mass is 642 g/mol. The summed E-state index contributed by atoms with van der Waals surface area (Å²) in [4.78, 5) is 8.57. The number of hydrogen-bond acceptors (Lipinski definition) is 5. The molecule has 1 saturated heterocycles. The van der Waals surface area contributed by atoms with Crippen LogP contribution in [-0.2, 0) is 18.7 Å². The Labute approximate surface area is 255 Å². The lowest BCUT2D eigenvalue weighted by molar-refractivity contribution is -0.0319. The molecule has 226 valence electrons. The van der Waals surface area contributed by atoms with Gasteiger partial charge in [0.05, 0.1) is 6.54 Å². The molecular formula is C32H41BrF2N6O. The molecule has 42 heavy (non-hydrogen) atoms. The third-order valence-electron chi connectivity index (χ3n) is 8.38. The first-order valence-corrected chi connectivity index (χ1v) is 15.9. The molecule has 1 aliphatic rings. The maximum Gasteiger partial charge on any atom is 0.137 e. The van der Waals surface area contributed by atoms with Gasteiger partial charge in [-0.3, -0.25) is 4.90 Å². The highest BCUT2D eigenvalue weighted by Crippen LogP contribution is 2.28. The molecule has 0 saturated carbocycles. The Morgan fingerprint density at radius 2 is 1.52 bits per heavy atom. The van der Waals surface area contributed by atoms with Crippen LogP contribution in [0.1, 0.15) is 50.5 Å².